The summed E-state index contributed by atoms with van der Waals surface area (Å²) in [5.41, 5.74) is 7.49. The number of anilines is 2. The van der Waals surface area contributed by atoms with Gasteiger partial charge in [0, 0.05) is 6.04 Å². The Hall–Kier alpha value is -1.96. The molecule has 1 aromatic rings. The summed E-state index contributed by atoms with van der Waals surface area (Å²) in [4.78, 5) is 20.4. The smallest absolute Gasteiger partial charge is 0.239 e. The summed E-state index contributed by atoms with van der Waals surface area (Å²) in [6.07, 6.45) is 4.91. The van der Waals surface area contributed by atoms with Gasteiger partial charge in [0.25, 0.3) is 0 Å². The van der Waals surface area contributed by atoms with Crippen molar-refractivity contribution in [3.8, 4) is 0 Å². The molecular weight excluding hydrogens is 251 g/mol. The van der Waals surface area contributed by atoms with E-state index in [1.807, 2.05) is 0 Å². The van der Waals surface area contributed by atoms with E-state index >= 15 is 0 Å². The fourth-order valence-electron chi connectivity index (χ4n) is 2.39. The molecule has 0 unspecified atom stereocenters. The molecule has 0 radical (unpaired) electrons. The van der Waals surface area contributed by atoms with E-state index in [2.05, 4.69) is 15.4 Å². The summed E-state index contributed by atoms with van der Waals surface area (Å²) in [7, 11) is 0. The van der Waals surface area contributed by atoms with E-state index in [1.165, 1.54) is 0 Å². The van der Waals surface area contributed by atoms with Gasteiger partial charge in [-0.25, -0.2) is 15.2 Å². The predicted molar refractivity (Wildman–Crippen MR) is 68.6 cm³/mol. The average molecular weight is 268 g/mol. The van der Waals surface area contributed by atoms with E-state index < -0.39 is 11.7 Å². The number of hydrogen-bond acceptors (Lipinski definition) is 6. The number of carbonyl (C=O) groups excluding carboxylic acids is 1. The Labute approximate surface area is 110 Å². The van der Waals surface area contributed by atoms with Gasteiger partial charge in [-0.05, 0) is 12.8 Å². The number of halogens is 1. The first-order valence-corrected chi connectivity index (χ1v) is 6.16. The number of nitrogens with zero attached hydrogens (tertiary/aromatic N) is 3. The lowest BCUT2D eigenvalue weighted by atomic mass is 10.2. The molecule has 8 heteroatoms. The fourth-order valence-corrected chi connectivity index (χ4v) is 2.39. The summed E-state index contributed by atoms with van der Waals surface area (Å²) in [5, 5.41) is 0. The first-order valence-electron chi connectivity index (χ1n) is 6.16. The highest BCUT2D eigenvalue weighted by atomic mass is 19.1. The number of hydrogen-bond donors (Lipinski definition) is 3. The van der Waals surface area contributed by atoms with E-state index in [4.69, 9.17) is 11.6 Å². The second kappa shape index (κ2) is 5.79. The topological polar surface area (TPSA) is 110 Å². The third-order valence-corrected chi connectivity index (χ3v) is 3.22. The van der Waals surface area contributed by atoms with E-state index in [0.29, 0.717) is 0 Å². The molecule has 1 heterocycles. The molecule has 1 amide bonds. The molecule has 0 saturated heterocycles. The van der Waals surface area contributed by atoms with Gasteiger partial charge in [-0.15, -0.1) is 0 Å². The third-order valence-electron chi connectivity index (χ3n) is 3.22. The Balaban J connectivity index is 2.33. The first-order chi connectivity index (χ1) is 9.11. The molecule has 1 aromatic heterocycles. The second-order valence-electron chi connectivity index (χ2n) is 4.54. The van der Waals surface area contributed by atoms with Gasteiger partial charge in [0.1, 0.15) is 0 Å². The minimum Gasteiger partial charge on any atom is -0.368 e. The maximum absolute atomic E-state index is 13.9. The number of primary amides is 1. The molecular formula is C11H17FN6O. The largest absolute Gasteiger partial charge is 0.368 e. The molecule has 0 atom stereocenters. The van der Waals surface area contributed by atoms with Crippen LogP contribution in [0.1, 0.15) is 25.7 Å². The second-order valence-corrected chi connectivity index (χ2v) is 4.54. The fraction of sp³-hybridized carbons (Fsp3) is 0.545. The van der Waals surface area contributed by atoms with Crippen LogP contribution in [0.5, 0.6) is 0 Å². The molecule has 2 rings (SSSR count). The predicted octanol–water partition coefficient (Wildman–Crippen LogP) is 0.136. The Bertz CT molecular complexity index is 462. The quantitative estimate of drug-likeness (QED) is 0.517. The number of nitrogens with two attached hydrogens (primary N) is 2. The number of amides is 1. The Morgan fingerprint density at radius 2 is 2.21 bits per heavy atom. The van der Waals surface area contributed by atoms with Crippen LogP contribution in [-0.2, 0) is 4.79 Å². The zero-order chi connectivity index (χ0) is 13.8. The van der Waals surface area contributed by atoms with Crippen molar-refractivity contribution in [2.75, 3.05) is 16.9 Å². The number of aromatic nitrogens is 2. The Morgan fingerprint density at radius 3 is 2.79 bits per heavy atom. The summed E-state index contributed by atoms with van der Waals surface area (Å²) >= 11 is 0. The molecule has 1 aliphatic rings. The van der Waals surface area contributed by atoms with Crippen molar-refractivity contribution in [3.05, 3.63) is 12.0 Å². The Kier molecular flexibility index (Phi) is 4.10. The van der Waals surface area contributed by atoms with Crippen LogP contribution in [-0.4, -0.2) is 28.5 Å². The minimum atomic E-state index is -0.591. The van der Waals surface area contributed by atoms with Gasteiger partial charge in [-0.2, -0.15) is 4.98 Å². The van der Waals surface area contributed by atoms with Crippen molar-refractivity contribution in [2.45, 2.75) is 31.7 Å². The van der Waals surface area contributed by atoms with Gasteiger partial charge < -0.3 is 10.6 Å². The van der Waals surface area contributed by atoms with Crippen LogP contribution in [0, 0.1) is 5.82 Å². The summed E-state index contributed by atoms with van der Waals surface area (Å²) in [5.74, 6) is 4.27. The van der Waals surface area contributed by atoms with Crippen LogP contribution in [0.15, 0.2) is 6.20 Å². The normalized spacial score (nSPS) is 15.5. The molecule has 0 aromatic carbocycles. The van der Waals surface area contributed by atoms with Gasteiger partial charge in [0.15, 0.2) is 11.6 Å². The van der Waals surface area contributed by atoms with Crippen molar-refractivity contribution in [1.82, 2.24) is 9.97 Å². The molecule has 0 spiro atoms. The summed E-state index contributed by atoms with van der Waals surface area (Å²) < 4.78 is 13.9. The number of hydrazine groups is 1. The van der Waals surface area contributed by atoms with Crippen molar-refractivity contribution >= 4 is 17.7 Å². The van der Waals surface area contributed by atoms with E-state index in [9.17, 15) is 9.18 Å². The van der Waals surface area contributed by atoms with Crippen molar-refractivity contribution < 1.29 is 9.18 Å². The van der Waals surface area contributed by atoms with Crippen LogP contribution < -0.4 is 21.9 Å². The van der Waals surface area contributed by atoms with Crippen LogP contribution in [0.4, 0.5) is 16.2 Å². The average Bonchev–Trinajstić information content (AvgIpc) is 2.90. The zero-order valence-electron chi connectivity index (χ0n) is 10.5. The highest BCUT2D eigenvalue weighted by Crippen LogP contribution is 2.28. The van der Waals surface area contributed by atoms with Crippen molar-refractivity contribution in [1.29, 1.82) is 0 Å². The standard InChI is InChI=1S/C11H17FN6O/c12-8-5-15-11(17-14)16-10(8)18(6-9(13)19)7-3-1-2-4-7/h5,7H,1-4,6,14H2,(H2,13,19)(H,15,16,17). The molecule has 5 N–H and O–H groups in total. The minimum absolute atomic E-state index is 0.0636. The molecule has 104 valence electrons. The van der Waals surface area contributed by atoms with Crippen LogP contribution in [0.25, 0.3) is 0 Å². The van der Waals surface area contributed by atoms with Crippen molar-refractivity contribution in [3.63, 3.8) is 0 Å². The maximum atomic E-state index is 13.9. The van der Waals surface area contributed by atoms with E-state index in [0.717, 1.165) is 31.9 Å². The third kappa shape index (κ3) is 3.08. The number of rotatable bonds is 5. The monoisotopic (exact) mass is 268 g/mol. The zero-order valence-corrected chi connectivity index (χ0v) is 10.5. The van der Waals surface area contributed by atoms with Crippen LogP contribution >= 0.6 is 0 Å². The summed E-state index contributed by atoms with van der Waals surface area (Å²) in [6, 6.07) is 0.0718. The maximum Gasteiger partial charge on any atom is 0.239 e. The molecule has 0 bridgehead atoms. The number of nitrogen functional groups attached to an aromatic ring is 1. The molecule has 1 fully saturated rings. The molecule has 1 saturated carbocycles. The van der Waals surface area contributed by atoms with Gasteiger partial charge in [-0.3, -0.25) is 10.2 Å². The lowest BCUT2D eigenvalue weighted by Gasteiger charge is -2.29. The lowest BCUT2D eigenvalue weighted by Crippen LogP contribution is -2.41. The van der Waals surface area contributed by atoms with Crippen LogP contribution in [0.2, 0.25) is 0 Å². The Morgan fingerprint density at radius 1 is 1.53 bits per heavy atom. The number of carbonyl (C=O) groups is 1. The SMILES string of the molecule is NNc1ncc(F)c(N(CC(N)=O)C2CCCC2)n1. The summed E-state index contributed by atoms with van der Waals surface area (Å²) in [6.45, 7) is -0.0669. The molecule has 19 heavy (non-hydrogen) atoms. The number of nitrogens with one attached hydrogen (secondary N) is 1. The molecule has 0 aliphatic heterocycles. The molecule has 7 nitrogen and oxygen atoms in total. The highest BCUT2D eigenvalue weighted by Gasteiger charge is 2.27. The lowest BCUT2D eigenvalue weighted by molar-refractivity contribution is -0.116. The first kappa shape index (κ1) is 13.5. The van der Waals surface area contributed by atoms with Gasteiger partial charge in [-0.1, -0.05) is 12.8 Å². The van der Waals surface area contributed by atoms with Gasteiger partial charge >= 0.3 is 0 Å². The van der Waals surface area contributed by atoms with Gasteiger partial charge in [0.2, 0.25) is 11.9 Å². The van der Waals surface area contributed by atoms with Crippen molar-refractivity contribution in [2.24, 2.45) is 11.6 Å². The van der Waals surface area contributed by atoms with E-state index in [-0.39, 0.29) is 24.4 Å². The van der Waals surface area contributed by atoms with Crippen LogP contribution in [0.3, 0.4) is 0 Å². The van der Waals surface area contributed by atoms with E-state index in [1.54, 1.807) is 4.90 Å². The van der Waals surface area contributed by atoms with Gasteiger partial charge in [0.05, 0.1) is 12.7 Å². The highest BCUT2D eigenvalue weighted by molar-refractivity contribution is 5.79. The molecule has 1 aliphatic carbocycles.